The fourth-order valence-electron chi connectivity index (χ4n) is 3.73. The van der Waals surface area contributed by atoms with Gasteiger partial charge >= 0.3 is 0 Å². The van der Waals surface area contributed by atoms with Crippen LogP contribution >= 0.6 is 7.26 Å². The first-order valence-corrected chi connectivity index (χ1v) is 11.7. The maximum absolute atomic E-state index is 3.60. The van der Waals surface area contributed by atoms with Crippen LogP contribution in [0, 0.1) is 0 Å². The van der Waals surface area contributed by atoms with Crippen LogP contribution < -0.4 is 21.2 Å². The average Bonchev–Trinajstić information content (AvgIpc) is 2.80. The number of hydrogen-bond donors (Lipinski definition) is 1. The quantitative estimate of drug-likeness (QED) is 0.398. The summed E-state index contributed by atoms with van der Waals surface area (Å²) in [6.07, 6.45) is 0. The topological polar surface area (TPSA) is 12.0 Å². The molecule has 0 fully saturated rings. The van der Waals surface area contributed by atoms with Crippen LogP contribution in [0.5, 0.6) is 0 Å². The first-order chi connectivity index (χ1) is 14.3. The van der Waals surface area contributed by atoms with Gasteiger partial charge in [-0.2, -0.15) is 0 Å². The summed E-state index contributed by atoms with van der Waals surface area (Å²) in [5.41, 5.74) is 2.26. The zero-order valence-electron chi connectivity index (χ0n) is 16.6. The van der Waals surface area contributed by atoms with Crippen LogP contribution in [0.3, 0.4) is 0 Å². The average molecular weight is 394 g/mol. The van der Waals surface area contributed by atoms with E-state index in [-0.39, 0.29) is 0 Å². The van der Waals surface area contributed by atoms with Gasteiger partial charge < -0.3 is 5.32 Å². The first-order valence-electron chi connectivity index (χ1n) is 9.86. The minimum Gasteiger partial charge on any atom is -0.356 e. The van der Waals surface area contributed by atoms with Gasteiger partial charge in [0.1, 0.15) is 23.2 Å². The molecule has 0 atom stereocenters. The minimum atomic E-state index is -1.97. The van der Waals surface area contributed by atoms with Crippen molar-refractivity contribution in [3.63, 3.8) is 0 Å². The summed E-state index contributed by atoms with van der Waals surface area (Å²) >= 11 is 0. The van der Waals surface area contributed by atoms with Crippen molar-refractivity contribution in [1.82, 2.24) is 0 Å². The highest BCUT2D eigenvalue weighted by molar-refractivity contribution is 7.98. The summed E-state index contributed by atoms with van der Waals surface area (Å²) in [4.78, 5) is 0. The highest BCUT2D eigenvalue weighted by atomic mass is 31.2. The second kappa shape index (κ2) is 8.90. The monoisotopic (exact) mass is 394 g/mol. The first kappa shape index (κ1) is 19.2. The summed E-state index contributed by atoms with van der Waals surface area (Å²) in [6, 6.07) is 43.1. The number of allylic oxidation sites excluding steroid dienone is 1. The lowest BCUT2D eigenvalue weighted by atomic mass is 10.3. The molecule has 0 spiro atoms. The van der Waals surface area contributed by atoms with E-state index in [4.69, 9.17) is 0 Å². The van der Waals surface area contributed by atoms with Gasteiger partial charge in [0, 0.05) is 11.4 Å². The Kier molecular flexibility index (Phi) is 5.89. The molecule has 2 heteroatoms. The molecule has 0 unspecified atom stereocenters. The van der Waals surface area contributed by atoms with Gasteiger partial charge in [-0.15, -0.1) is 0 Å². The van der Waals surface area contributed by atoms with E-state index in [0.29, 0.717) is 0 Å². The molecule has 0 heterocycles. The van der Waals surface area contributed by atoms with Gasteiger partial charge in [-0.3, -0.25) is 0 Å². The lowest BCUT2D eigenvalue weighted by molar-refractivity contribution is 1.39. The Labute approximate surface area is 174 Å². The smallest absolute Gasteiger partial charge is 0.138 e. The molecule has 0 bridgehead atoms. The normalized spacial score (nSPS) is 11.8. The van der Waals surface area contributed by atoms with Crippen molar-refractivity contribution in [3.05, 3.63) is 133 Å². The van der Waals surface area contributed by atoms with Gasteiger partial charge in [0.25, 0.3) is 0 Å². The minimum absolute atomic E-state index is 1.11. The number of rotatable bonds is 6. The molecule has 4 aromatic carbocycles. The molecule has 0 aliphatic carbocycles. The van der Waals surface area contributed by atoms with Crippen molar-refractivity contribution < 1.29 is 0 Å². The molecular weight excluding hydrogens is 369 g/mol. The van der Waals surface area contributed by atoms with E-state index in [2.05, 4.69) is 133 Å². The molecule has 1 nitrogen and oxygen atoms in total. The van der Waals surface area contributed by atoms with Gasteiger partial charge in [0.15, 0.2) is 0 Å². The predicted molar refractivity (Wildman–Crippen MR) is 129 cm³/mol. The van der Waals surface area contributed by atoms with E-state index in [1.54, 1.807) is 0 Å². The van der Waals surface area contributed by atoms with Crippen LogP contribution in [0.1, 0.15) is 6.92 Å². The molecular formula is C27H25NP+. The van der Waals surface area contributed by atoms with E-state index < -0.39 is 7.26 Å². The van der Waals surface area contributed by atoms with Gasteiger partial charge in [-0.05, 0) is 55.5 Å². The van der Waals surface area contributed by atoms with E-state index in [0.717, 1.165) is 11.4 Å². The molecule has 0 radical (unpaired) electrons. The molecule has 4 aromatic rings. The van der Waals surface area contributed by atoms with Crippen LogP contribution in [0.25, 0.3) is 0 Å². The van der Waals surface area contributed by atoms with E-state index in [1.165, 1.54) is 15.9 Å². The molecule has 0 saturated heterocycles. The Morgan fingerprint density at radius 1 is 0.552 bits per heavy atom. The summed E-state index contributed by atoms with van der Waals surface area (Å²) in [6.45, 7) is 2.16. The third kappa shape index (κ3) is 4.16. The van der Waals surface area contributed by atoms with Gasteiger partial charge in [0.05, 0.1) is 5.82 Å². The molecule has 4 rings (SSSR count). The summed E-state index contributed by atoms with van der Waals surface area (Å²) < 4.78 is 0. The van der Waals surface area contributed by atoms with Gasteiger partial charge in [0.2, 0.25) is 0 Å². The Bertz CT molecular complexity index is 962. The zero-order chi connectivity index (χ0) is 19.9. The molecule has 1 N–H and O–H groups in total. The lowest BCUT2D eigenvalue weighted by Crippen LogP contribution is -2.30. The fourth-order valence-corrected chi connectivity index (χ4v) is 7.65. The van der Waals surface area contributed by atoms with Crippen LogP contribution in [-0.4, -0.2) is 0 Å². The molecule has 29 heavy (non-hydrogen) atoms. The standard InChI is InChI=1S/C27H25NP/c1-23(28-24-14-6-2-7-15-24)22-29(25-16-8-3-9-17-25,26-18-10-4-11-19-26)27-20-12-5-13-21-27/h2-22,28H,1H3/q+1/b23-22+. The van der Waals surface area contributed by atoms with Crippen LogP contribution in [0.15, 0.2) is 133 Å². The maximum atomic E-state index is 3.60. The van der Waals surface area contributed by atoms with Crippen LogP contribution in [0.4, 0.5) is 5.69 Å². The third-order valence-corrected chi connectivity index (χ3v) is 9.11. The van der Waals surface area contributed by atoms with Crippen molar-refractivity contribution in [2.45, 2.75) is 6.92 Å². The van der Waals surface area contributed by atoms with Gasteiger partial charge in [-0.1, -0.05) is 72.8 Å². The SMILES string of the molecule is C/C(=C\[P+](c1ccccc1)(c1ccccc1)c1ccccc1)Nc1ccccc1. The Hall–Kier alpha value is -3.15. The summed E-state index contributed by atoms with van der Waals surface area (Å²) in [7, 11) is -1.97. The van der Waals surface area contributed by atoms with Crippen molar-refractivity contribution in [2.24, 2.45) is 0 Å². The molecule has 0 aliphatic rings. The number of anilines is 1. The largest absolute Gasteiger partial charge is 0.356 e. The third-order valence-electron chi connectivity index (χ3n) is 4.99. The number of para-hydroxylation sites is 1. The fraction of sp³-hybridized carbons (Fsp3) is 0.0370. The zero-order valence-corrected chi connectivity index (χ0v) is 17.5. The van der Waals surface area contributed by atoms with E-state index in [9.17, 15) is 0 Å². The highest BCUT2D eigenvalue weighted by Gasteiger charge is 2.43. The van der Waals surface area contributed by atoms with E-state index in [1.807, 2.05) is 6.07 Å². The lowest BCUT2D eigenvalue weighted by Gasteiger charge is -2.25. The summed E-state index contributed by atoms with van der Waals surface area (Å²) in [5.74, 6) is 2.46. The Morgan fingerprint density at radius 3 is 1.28 bits per heavy atom. The Morgan fingerprint density at radius 2 is 0.897 bits per heavy atom. The van der Waals surface area contributed by atoms with Crippen molar-refractivity contribution >= 4 is 28.9 Å². The maximum Gasteiger partial charge on any atom is 0.138 e. The highest BCUT2D eigenvalue weighted by Crippen LogP contribution is 2.57. The van der Waals surface area contributed by atoms with Crippen molar-refractivity contribution in [2.75, 3.05) is 5.32 Å². The summed E-state index contributed by atoms with van der Waals surface area (Å²) in [5, 5.41) is 7.66. The van der Waals surface area contributed by atoms with Crippen LogP contribution in [-0.2, 0) is 0 Å². The second-order valence-corrected chi connectivity index (χ2v) is 10.3. The number of nitrogens with one attached hydrogen (secondary N) is 1. The van der Waals surface area contributed by atoms with Gasteiger partial charge in [-0.25, -0.2) is 0 Å². The molecule has 0 aromatic heterocycles. The molecule has 142 valence electrons. The second-order valence-electron chi connectivity index (χ2n) is 7.03. The molecule has 0 aliphatic heterocycles. The van der Waals surface area contributed by atoms with E-state index >= 15 is 0 Å². The number of hydrogen-bond acceptors (Lipinski definition) is 1. The molecule has 0 amide bonds. The predicted octanol–water partition coefficient (Wildman–Crippen LogP) is 5.95. The van der Waals surface area contributed by atoms with Crippen LogP contribution in [0.2, 0.25) is 0 Å². The Balaban J connectivity index is 1.94. The van der Waals surface area contributed by atoms with Crippen molar-refractivity contribution in [1.29, 1.82) is 0 Å². The van der Waals surface area contributed by atoms with Crippen molar-refractivity contribution in [3.8, 4) is 0 Å². The number of benzene rings is 4. The molecule has 0 saturated carbocycles.